The van der Waals surface area contributed by atoms with Gasteiger partial charge in [0.2, 0.25) is 0 Å². The smallest absolute Gasteiger partial charge is 0.252 e. The molecule has 92 valence electrons. The van der Waals surface area contributed by atoms with Gasteiger partial charge in [0.05, 0.1) is 0 Å². The quantitative estimate of drug-likeness (QED) is 0.736. The van der Waals surface area contributed by atoms with E-state index in [1.807, 2.05) is 6.92 Å². The van der Waals surface area contributed by atoms with Crippen molar-refractivity contribution in [3.63, 3.8) is 0 Å². The Bertz CT molecular complexity index is 262. The summed E-state index contributed by atoms with van der Waals surface area (Å²) in [6, 6.07) is 0.255. The van der Waals surface area contributed by atoms with E-state index < -0.39 is 5.60 Å². The lowest BCUT2D eigenvalue weighted by atomic mass is 9.90. The summed E-state index contributed by atoms with van der Waals surface area (Å²) >= 11 is 0. The summed E-state index contributed by atoms with van der Waals surface area (Å²) in [6.45, 7) is 2.57. The number of hydrogen-bond donors (Lipinski definition) is 2. The topological polar surface area (TPSA) is 64.4 Å². The van der Waals surface area contributed by atoms with Crippen molar-refractivity contribution in [3.8, 4) is 0 Å². The summed E-state index contributed by atoms with van der Waals surface area (Å²) in [4.78, 5) is 12.1. The monoisotopic (exact) mass is 226 g/mol. The van der Waals surface area contributed by atoms with Crippen LogP contribution in [0.3, 0.4) is 0 Å². The van der Waals surface area contributed by atoms with Gasteiger partial charge in [0.1, 0.15) is 5.60 Å². The predicted molar refractivity (Wildman–Crippen MR) is 62.0 cm³/mol. The Labute approximate surface area is 96.9 Å². The van der Waals surface area contributed by atoms with Crippen LogP contribution in [0.2, 0.25) is 0 Å². The molecule has 4 heteroatoms. The SMILES string of the molecule is CC1(C(=O)N[C@@H]2CCCC[C@H]2N)CCCO1. The highest BCUT2D eigenvalue weighted by molar-refractivity contribution is 5.85. The molecule has 0 bridgehead atoms. The molecule has 16 heavy (non-hydrogen) atoms. The van der Waals surface area contributed by atoms with Gasteiger partial charge in [0, 0.05) is 18.7 Å². The highest BCUT2D eigenvalue weighted by Gasteiger charge is 2.39. The van der Waals surface area contributed by atoms with Crippen LogP contribution in [-0.4, -0.2) is 30.2 Å². The first-order valence-electron chi connectivity index (χ1n) is 6.32. The number of hydrogen-bond acceptors (Lipinski definition) is 3. The first-order valence-corrected chi connectivity index (χ1v) is 6.32. The van der Waals surface area contributed by atoms with Crippen molar-refractivity contribution in [2.24, 2.45) is 5.73 Å². The summed E-state index contributed by atoms with van der Waals surface area (Å²) in [5.41, 5.74) is 5.40. The lowest BCUT2D eigenvalue weighted by Gasteiger charge is -2.32. The number of amides is 1. The molecule has 0 aromatic carbocycles. The van der Waals surface area contributed by atoms with Gasteiger partial charge in [0.15, 0.2) is 0 Å². The molecule has 2 fully saturated rings. The molecule has 4 nitrogen and oxygen atoms in total. The first kappa shape index (κ1) is 11.9. The van der Waals surface area contributed by atoms with Crippen LogP contribution >= 0.6 is 0 Å². The maximum absolute atomic E-state index is 12.1. The molecule has 1 saturated carbocycles. The fraction of sp³-hybridized carbons (Fsp3) is 0.917. The Kier molecular flexibility index (Phi) is 3.50. The highest BCUT2D eigenvalue weighted by Crippen LogP contribution is 2.26. The Morgan fingerprint density at radius 3 is 2.75 bits per heavy atom. The Balaban J connectivity index is 1.90. The molecule has 0 aromatic rings. The van der Waals surface area contributed by atoms with Gasteiger partial charge in [-0.15, -0.1) is 0 Å². The fourth-order valence-electron chi connectivity index (χ4n) is 2.62. The van der Waals surface area contributed by atoms with E-state index in [9.17, 15) is 4.79 Å². The van der Waals surface area contributed by atoms with Gasteiger partial charge in [0.25, 0.3) is 5.91 Å². The minimum absolute atomic E-state index is 0.0207. The molecule has 3 atom stereocenters. The average Bonchev–Trinajstić information content (AvgIpc) is 2.70. The molecule has 1 aliphatic heterocycles. The molecule has 0 spiro atoms. The van der Waals surface area contributed by atoms with Crippen LogP contribution in [0.1, 0.15) is 45.4 Å². The summed E-state index contributed by atoms with van der Waals surface area (Å²) in [5.74, 6) is 0.0207. The van der Waals surface area contributed by atoms with E-state index in [1.54, 1.807) is 0 Å². The van der Waals surface area contributed by atoms with Crippen molar-refractivity contribution >= 4 is 5.91 Å². The second kappa shape index (κ2) is 4.72. The number of carbonyl (C=O) groups is 1. The summed E-state index contributed by atoms with van der Waals surface area (Å²) in [6.07, 6.45) is 6.16. The first-order chi connectivity index (χ1) is 7.62. The van der Waals surface area contributed by atoms with Gasteiger partial charge in [-0.3, -0.25) is 4.79 Å². The molecule has 1 unspecified atom stereocenters. The third-order valence-electron chi connectivity index (χ3n) is 3.84. The third-order valence-corrected chi connectivity index (χ3v) is 3.84. The Hall–Kier alpha value is -0.610. The van der Waals surface area contributed by atoms with Crippen molar-refractivity contribution in [1.82, 2.24) is 5.32 Å². The maximum atomic E-state index is 12.1. The lowest BCUT2D eigenvalue weighted by molar-refractivity contribution is -0.140. The van der Waals surface area contributed by atoms with Crippen LogP contribution in [0, 0.1) is 0 Å². The standard InChI is InChI=1S/C12H22N2O2/c1-12(7-4-8-16-12)11(15)14-10-6-3-2-5-9(10)13/h9-10H,2-8,13H2,1H3,(H,14,15)/t9-,10-,12?/m1/s1. The molecule has 1 heterocycles. The number of nitrogens with one attached hydrogen (secondary N) is 1. The normalized spacial score (nSPS) is 39.6. The van der Waals surface area contributed by atoms with Gasteiger partial charge < -0.3 is 15.8 Å². The molecular formula is C12H22N2O2. The molecule has 1 aliphatic carbocycles. The highest BCUT2D eigenvalue weighted by atomic mass is 16.5. The Morgan fingerprint density at radius 2 is 2.12 bits per heavy atom. The zero-order valence-electron chi connectivity index (χ0n) is 10.00. The van der Waals surface area contributed by atoms with E-state index in [1.165, 1.54) is 6.42 Å². The van der Waals surface area contributed by atoms with Crippen LogP contribution in [0.4, 0.5) is 0 Å². The van der Waals surface area contributed by atoms with Crippen molar-refractivity contribution < 1.29 is 9.53 Å². The van der Waals surface area contributed by atoms with Crippen molar-refractivity contribution in [2.75, 3.05) is 6.61 Å². The van der Waals surface area contributed by atoms with Crippen molar-refractivity contribution in [1.29, 1.82) is 0 Å². The Morgan fingerprint density at radius 1 is 1.38 bits per heavy atom. The van der Waals surface area contributed by atoms with Gasteiger partial charge >= 0.3 is 0 Å². The van der Waals surface area contributed by atoms with E-state index >= 15 is 0 Å². The summed E-state index contributed by atoms with van der Waals surface area (Å²) in [7, 11) is 0. The van der Waals surface area contributed by atoms with Crippen LogP contribution in [-0.2, 0) is 9.53 Å². The zero-order chi connectivity index (χ0) is 11.6. The van der Waals surface area contributed by atoms with Crippen LogP contribution < -0.4 is 11.1 Å². The zero-order valence-corrected chi connectivity index (χ0v) is 10.00. The maximum Gasteiger partial charge on any atom is 0.252 e. The van der Waals surface area contributed by atoms with Gasteiger partial charge in [-0.25, -0.2) is 0 Å². The van der Waals surface area contributed by atoms with E-state index in [-0.39, 0.29) is 18.0 Å². The largest absolute Gasteiger partial charge is 0.365 e. The molecular weight excluding hydrogens is 204 g/mol. The minimum Gasteiger partial charge on any atom is -0.365 e. The fourth-order valence-corrected chi connectivity index (χ4v) is 2.62. The number of carbonyl (C=O) groups excluding carboxylic acids is 1. The van der Waals surface area contributed by atoms with Gasteiger partial charge in [-0.2, -0.15) is 0 Å². The van der Waals surface area contributed by atoms with Crippen LogP contribution in [0.5, 0.6) is 0 Å². The number of ether oxygens (including phenoxy) is 1. The van der Waals surface area contributed by atoms with Gasteiger partial charge in [-0.05, 0) is 32.6 Å². The molecule has 1 saturated heterocycles. The van der Waals surface area contributed by atoms with E-state index in [2.05, 4.69) is 5.32 Å². The molecule has 2 rings (SSSR count). The van der Waals surface area contributed by atoms with Crippen LogP contribution in [0.15, 0.2) is 0 Å². The van der Waals surface area contributed by atoms with E-state index in [0.29, 0.717) is 6.61 Å². The molecule has 2 aliphatic rings. The average molecular weight is 226 g/mol. The number of nitrogens with two attached hydrogens (primary N) is 1. The summed E-state index contributed by atoms with van der Waals surface area (Å²) < 4.78 is 5.53. The van der Waals surface area contributed by atoms with E-state index in [4.69, 9.17) is 10.5 Å². The second-order valence-corrected chi connectivity index (χ2v) is 5.21. The number of rotatable bonds is 2. The predicted octanol–water partition coefficient (Wildman–Crippen LogP) is 0.942. The second-order valence-electron chi connectivity index (χ2n) is 5.21. The van der Waals surface area contributed by atoms with Gasteiger partial charge in [-0.1, -0.05) is 12.8 Å². The lowest BCUT2D eigenvalue weighted by Crippen LogP contribution is -2.54. The molecule has 3 N–H and O–H groups in total. The molecule has 1 amide bonds. The van der Waals surface area contributed by atoms with E-state index in [0.717, 1.165) is 32.1 Å². The van der Waals surface area contributed by atoms with Crippen molar-refractivity contribution in [2.45, 2.75) is 63.1 Å². The summed E-state index contributed by atoms with van der Waals surface area (Å²) in [5, 5.41) is 3.06. The minimum atomic E-state index is -0.614. The van der Waals surface area contributed by atoms with Crippen LogP contribution in [0.25, 0.3) is 0 Å². The van der Waals surface area contributed by atoms with Crippen molar-refractivity contribution in [3.05, 3.63) is 0 Å². The third kappa shape index (κ3) is 2.38. The molecule has 0 radical (unpaired) electrons. The molecule has 0 aromatic heterocycles.